The van der Waals surface area contributed by atoms with Gasteiger partial charge in [0.15, 0.2) is 0 Å². The minimum Gasteiger partial charge on any atom is -0.490 e. The van der Waals surface area contributed by atoms with E-state index in [1.807, 2.05) is 50.2 Å². The van der Waals surface area contributed by atoms with E-state index in [0.29, 0.717) is 29.0 Å². The number of nitriles is 1. The third kappa shape index (κ3) is 7.53. The zero-order valence-corrected chi connectivity index (χ0v) is 36.2. The van der Waals surface area contributed by atoms with Crippen LogP contribution >= 0.6 is 0 Å². The summed E-state index contributed by atoms with van der Waals surface area (Å²) in [4.78, 5) is 70.0. The lowest BCUT2D eigenvalue weighted by Gasteiger charge is -2.63. The summed E-state index contributed by atoms with van der Waals surface area (Å²) in [5, 5.41) is 15.0. The molecule has 2 N–H and O–H groups in total. The Hall–Kier alpha value is -5.74. The van der Waals surface area contributed by atoms with Crippen LogP contribution in [0.3, 0.4) is 0 Å². The van der Waals surface area contributed by atoms with Crippen molar-refractivity contribution in [3.8, 4) is 17.6 Å². The quantitative estimate of drug-likeness (QED) is 0.217. The molecule has 61 heavy (non-hydrogen) atoms. The summed E-state index contributed by atoms with van der Waals surface area (Å²) in [6, 6.07) is 18.7. The number of aryl methyl sites for hydroxylation is 2. The van der Waals surface area contributed by atoms with Gasteiger partial charge in [-0.1, -0.05) is 34.6 Å². The van der Waals surface area contributed by atoms with E-state index in [-0.39, 0.29) is 59.0 Å². The maximum absolute atomic E-state index is 13.6. The topological polar surface area (TPSA) is 161 Å². The van der Waals surface area contributed by atoms with E-state index in [2.05, 4.69) is 61.1 Å². The van der Waals surface area contributed by atoms with E-state index in [9.17, 15) is 29.2 Å². The second-order valence-electron chi connectivity index (χ2n) is 18.7. The normalized spacial score (nSPS) is 25.6. The molecule has 3 heterocycles. The van der Waals surface area contributed by atoms with Gasteiger partial charge in [0.2, 0.25) is 11.8 Å². The zero-order valence-electron chi connectivity index (χ0n) is 36.2. The maximum Gasteiger partial charge on any atom is 0.262 e. The van der Waals surface area contributed by atoms with Crippen LogP contribution < -0.4 is 25.0 Å². The number of piperidine rings is 2. The van der Waals surface area contributed by atoms with Gasteiger partial charge in [-0.25, -0.2) is 0 Å². The van der Waals surface area contributed by atoms with Gasteiger partial charge in [-0.2, -0.15) is 5.26 Å². The number of hydrogen-bond acceptors (Lipinski definition) is 10. The van der Waals surface area contributed by atoms with Crippen molar-refractivity contribution in [3.05, 3.63) is 88.0 Å². The highest BCUT2D eigenvalue weighted by molar-refractivity contribution is 6.23. The summed E-state index contributed by atoms with van der Waals surface area (Å²) in [7, 11) is 0. The van der Waals surface area contributed by atoms with Gasteiger partial charge in [0.25, 0.3) is 17.7 Å². The Labute approximate surface area is 357 Å². The standard InChI is InChI=1S/C48H56N6O7/c1-8-53(32-23-35(24-32)60-33-13-14-36-37(25-33)44(59)54(43(36)58)39-15-16-40(55)50-42(39)57)31-17-19-52(20-18-31)30-11-9-29(10-12-30)41(56)51-45-47(4,5)46(48(45,6)7)61-34-21-27(2)38(26-49)28(3)22-34/h9-14,21-22,25,31-32,35,39,45-46H,8,15-20,23-24H2,1-7H3,(H,51,56)(H,50,55,57). The third-order valence-electron chi connectivity index (χ3n) is 14.0. The number of rotatable bonds is 11. The Morgan fingerprint density at radius 2 is 1.49 bits per heavy atom. The zero-order chi connectivity index (χ0) is 43.5. The number of carbonyl (C=O) groups is 5. The molecule has 3 aliphatic heterocycles. The van der Waals surface area contributed by atoms with E-state index < -0.39 is 29.7 Å². The summed E-state index contributed by atoms with van der Waals surface area (Å²) < 4.78 is 12.8. The monoisotopic (exact) mass is 828 g/mol. The Morgan fingerprint density at radius 3 is 2.10 bits per heavy atom. The number of anilines is 1. The molecule has 5 amide bonds. The number of ether oxygens (including phenoxy) is 2. The van der Waals surface area contributed by atoms with Crippen LogP contribution in [0.2, 0.25) is 0 Å². The summed E-state index contributed by atoms with van der Waals surface area (Å²) in [5.74, 6) is -0.938. The molecule has 1 atom stereocenters. The van der Waals surface area contributed by atoms with Crippen LogP contribution in [-0.4, -0.2) is 95.3 Å². The molecule has 3 aromatic carbocycles. The van der Waals surface area contributed by atoms with E-state index in [0.717, 1.165) is 72.8 Å². The summed E-state index contributed by atoms with van der Waals surface area (Å²) in [6.45, 7) is 17.4. The maximum atomic E-state index is 13.6. The fourth-order valence-electron chi connectivity index (χ4n) is 11.0. The molecule has 0 spiro atoms. The van der Waals surface area contributed by atoms with Crippen LogP contribution in [0.1, 0.15) is 121 Å². The number of fused-ring (bicyclic) bond motifs is 1. The predicted octanol–water partition coefficient (Wildman–Crippen LogP) is 6.09. The first-order valence-corrected chi connectivity index (χ1v) is 21.6. The van der Waals surface area contributed by atoms with Gasteiger partial charge < -0.3 is 19.7 Å². The lowest BCUT2D eigenvalue weighted by molar-refractivity contribution is -0.164. The van der Waals surface area contributed by atoms with Gasteiger partial charge in [0.05, 0.1) is 22.8 Å². The van der Waals surface area contributed by atoms with Crippen LogP contribution in [0.5, 0.6) is 11.5 Å². The van der Waals surface area contributed by atoms with Crippen molar-refractivity contribution in [1.29, 1.82) is 5.26 Å². The number of nitrogens with one attached hydrogen (secondary N) is 2. The Morgan fingerprint density at radius 1 is 0.852 bits per heavy atom. The SMILES string of the molecule is CCN(C1CCN(c2ccc(C(=O)NC3C(C)(C)C(Oc4cc(C)c(C#N)c(C)c4)C3(C)C)cc2)CC1)C1CC(Oc2ccc3c(c2)C(=O)N(C2CCC(=O)NC2=O)C3=O)C1. The van der Waals surface area contributed by atoms with Gasteiger partial charge in [-0.05, 0) is 105 Å². The lowest BCUT2D eigenvalue weighted by Crippen LogP contribution is -2.74. The fourth-order valence-corrected chi connectivity index (χ4v) is 11.0. The molecule has 13 nitrogen and oxygen atoms in total. The lowest BCUT2D eigenvalue weighted by atomic mass is 9.49. The van der Waals surface area contributed by atoms with Crippen LogP contribution in [0.15, 0.2) is 54.6 Å². The number of hydrogen-bond donors (Lipinski definition) is 2. The number of benzene rings is 3. The molecule has 4 fully saturated rings. The minimum absolute atomic E-state index is 0.00916. The van der Waals surface area contributed by atoms with Gasteiger partial charge >= 0.3 is 0 Å². The van der Waals surface area contributed by atoms with Crippen molar-refractivity contribution in [3.63, 3.8) is 0 Å². The van der Waals surface area contributed by atoms with Crippen LogP contribution in [0, 0.1) is 36.0 Å². The van der Waals surface area contributed by atoms with Gasteiger partial charge in [-0.15, -0.1) is 0 Å². The highest BCUT2D eigenvalue weighted by atomic mass is 16.5. The molecule has 8 rings (SSSR count). The van der Waals surface area contributed by atoms with Crippen molar-refractivity contribution in [2.45, 2.75) is 123 Å². The fraction of sp³-hybridized carbons (Fsp3) is 0.500. The second kappa shape index (κ2) is 15.9. The van der Waals surface area contributed by atoms with Crippen molar-refractivity contribution < 1.29 is 33.4 Å². The van der Waals surface area contributed by atoms with Crippen LogP contribution in [-0.2, 0) is 9.59 Å². The molecule has 0 radical (unpaired) electrons. The third-order valence-corrected chi connectivity index (χ3v) is 14.0. The first kappa shape index (κ1) is 42.0. The Kier molecular flexibility index (Phi) is 11.0. The summed E-state index contributed by atoms with van der Waals surface area (Å²) in [5.41, 5.74) is 4.01. The average molecular weight is 829 g/mol. The second-order valence-corrected chi connectivity index (χ2v) is 18.7. The molecule has 2 aliphatic carbocycles. The molecular weight excluding hydrogens is 773 g/mol. The number of amides is 5. The molecule has 5 aliphatic rings. The molecule has 13 heteroatoms. The summed E-state index contributed by atoms with van der Waals surface area (Å²) >= 11 is 0. The largest absolute Gasteiger partial charge is 0.490 e. The van der Waals surface area contributed by atoms with Crippen molar-refractivity contribution >= 4 is 35.2 Å². The molecule has 2 saturated heterocycles. The first-order valence-electron chi connectivity index (χ1n) is 21.6. The average Bonchev–Trinajstić information content (AvgIpc) is 3.45. The van der Waals surface area contributed by atoms with E-state index in [4.69, 9.17) is 9.47 Å². The van der Waals surface area contributed by atoms with Crippen molar-refractivity contribution in [1.82, 2.24) is 20.4 Å². The Balaban J connectivity index is 0.805. The molecule has 1 unspecified atom stereocenters. The van der Waals surface area contributed by atoms with Crippen LogP contribution in [0.25, 0.3) is 0 Å². The molecular formula is C48H56N6O7. The smallest absolute Gasteiger partial charge is 0.262 e. The number of nitrogens with zero attached hydrogens (tertiary/aromatic N) is 4. The molecule has 3 aromatic rings. The Bertz CT molecular complexity index is 2280. The summed E-state index contributed by atoms with van der Waals surface area (Å²) in [6.07, 6.45) is 3.83. The molecule has 0 bridgehead atoms. The predicted molar refractivity (Wildman–Crippen MR) is 228 cm³/mol. The van der Waals surface area contributed by atoms with E-state index in [1.165, 1.54) is 0 Å². The van der Waals surface area contributed by atoms with Gasteiger partial charge in [0.1, 0.15) is 29.7 Å². The minimum atomic E-state index is -1.00. The number of imide groups is 2. The van der Waals surface area contributed by atoms with E-state index >= 15 is 0 Å². The van der Waals surface area contributed by atoms with Crippen LogP contribution in [0.4, 0.5) is 5.69 Å². The molecule has 320 valence electrons. The van der Waals surface area contributed by atoms with Crippen molar-refractivity contribution in [2.75, 3.05) is 24.5 Å². The first-order chi connectivity index (χ1) is 29.0. The van der Waals surface area contributed by atoms with Gasteiger partial charge in [-0.3, -0.25) is 39.1 Å². The molecule has 2 saturated carbocycles. The number of carbonyl (C=O) groups excluding carboxylic acids is 5. The highest BCUT2D eigenvalue weighted by Gasteiger charge is 2.64. The van der Waals surface area contributed by atoms with Gasteiger partial charge in [0, 0.05) is 72.6 Å². The highest BCUT2D eigenvalue weighted by Crippen LogP contribution is 2.55. The van der Waals surface area contributed by atoms with E-state index in [1.54, 1.807) is 18.2 Å². The molecule has 0 aromatic heterocycles. The van der Waals surface area contributed by atoms with Crippen molar-refractivity contribution in [2.24, 2.45) is 10.8 Å².